The summed E-state index contributed by atoms with van der Waals surface area (Å²) in [5.74, 6) is 0.971. The van der Waals surface area contributed by atoms with Crippen LogP contribution in [-0.4, -0.2) is 21.4 Å². The van der Waals surface area contributed by atoms with Crippen LogP contribution in [0.15, 0.2) is 64.4 Å². The zero-order valence-corrected chi connectivity index (χ0v) is 10.5. The second-order valence-electron chi connectivity index (χ2n) is 3.92. The molecule has 98 valence electrons. The van der Waals surface area contributed by atoms with Gasteiger partial charge >= 0.3 is 0 Å². The van der Waals surface area contributed by atoms with Crippen molar-refractivity contribution >= 4 is 12.2 Å². The predicted molar refractivity (Wildman–Crippen MR) is 75.2 cm³/mol. The van der Waals surface area contributed by atoms with Crippen molar-refractivity contribution in [1.29, 1.82) is 0 Å². The Balaban J connectivity index is 1.75. The molecule has 0 unspecified atom stereocenters. The Hall–Kier alpha value is -3.02. The number of nitrogens with zero attached hydrogens (tertiary/aromatic N) is 4. The van der Waals surface area contributed by atoms with Crippen LogP contribution in [0.2, 0.25) is 0 Å². The number of hydrogen-bond acceptors (Lipinski definition) is 6. The summed E-state index contributed by atoms with van der Waals surface area (Å²) in [6.45, 7) is 0. The molecule has 1 aromatic carbocycles. The molecule has 0 atom stereocenters. The maximum Gasteiger partial charge on any atom is 0.263 e. The number of benzene rings is 1. The number of furan rings is 1. The summed E-state index contributed by atoms with van der Waals surface area (Å²) < 4.78 is 5.12. The second kappa shape index (κ2) is 5.75. The molecular weight excluding hydrogens is 254 g/mol. The standard InChI is InChI=1S/C14H11N5O/c1-2-5-11(6-3-1)13-10-16-19-14(17-13)18-15-9-12-7-4-8-20-12/h1-10H,(H,17,18,19)/b15-9+. The smallest absolute Gasteiger partial charge is 0.263 e. The van der Waals surface area contributed by atoms with E-state index in [1.54, 1.807) is 30.8 Å². The molecule has 0 amide bonds. The molecular formula is C14H11N5O. The van der Waals surface area contributed by atoms with Gasteiger partial charge in [0, 0.05) is 5.56 Å². The number of hydrogen-bond donors (Lipinski definition) is 1. The Kier molecular flexibility index (Phi) is 3.46. The minimum atomic E-state index is 0.328. The Morgan fingerprint density at radius 3 is 2.80 bits per heavy atom. The van der Waals surface area contributed by atoms with Crippen molar-refractivity contribution in [1.82, 2.24) is 15.2 Å². The van der Waals surface area contributed by atoms with Crippen LogP contribution in [0.5, 0.6) is 0 Å². The molecule has 0 saturated heterocycles. The van der Waals surface area contributed by atoms with Crippen molar-refractivity contribution in [3.8, 4) is 11.3 Å². The van der Waals surface area contributed by atoms with E-state index in [9.17, 15) is 0 Å². The van der Waals surface area contributed by atoms with E-state index in [0.717, 1.165) is 11.3 Å². The fourth-order valence-electron chi connectivity index (χ4n) is 1.62. The molecule has 6 heteroatoms. The Morgan fingerprint density at radius 2 is 2.00 bits per heavy atom. The van der Waals surface area contributed by atoms with Gasteiger partial charge in [-0.3, -0.25) is 0 Å². The molecule has 0 aliphatic carbocycles. The van der Waals surface area contributed by atoms with Gasteiger partial charge in [0.1, 0.15) is 5.76 Å². The summed E-state index contributed by atoms with van der Waals surface area (Å²) in [5, 5.41) is 11.8. The van der Waals surface area contributed by atoms with Crippen LogP contribution in [0.3, 0.4) is 0 Å². The summed E-state index contributed by atoms with van der Waals surface area (Å²) in [4.78, 5) is 4.33. The molecule has 0 spiro atoms. The predicted octanol–water partition coefficient (Wildman–Crippen LogP) is 2.58. The Bertz CT molecular complexity index is 695. The summed E-state index contributed by atoms with van der Waals surface area (Å²) >= 11 is 0. The van der Waals surface area contributed by atoms with Crippen LogP contribution in [0, 0.1) is 0 Å². The lowest BCUT2D eigenvalue weighted by Gasteiger charge is -2.01. The third-order valence-electron chi connectivity index (χ3n) is 2.53. The van der Waals surface area contributed by atoms with Gasteiger partial charge in [0.25, 0.3) is 5.95 Å². The topological polar surface area (TPSA) is 76.2 Å². The molecule has 0 radical (unpaired) electrons. The zero-order valence-electron chi connectivity index (χ0n) is 10.5. The lowest BCUT2D eigenvalue weighted by molar-refractivity contribution is 0.560. The second-order valence-corrected chi connectivity index (χ2v) is 3.92. The molecule has 0 aliphatic rings. The van der Waals surface area contributed by atoms with Gasteiger partial charge in [-0.05, 0) is 12.1 Å². The first-order valence-corrected chi connectivity index (χ1v) is 5.99. The summed E-state index contributed by atoms with van der Waals surface area (Å²) in [7, 11) is 0. The highest BCUT2D eigenvalue weighted by atomic mass is 16.3. The minimum Gasteiger partial charge on any atom is -0.463 e. The first-order chi connectivity index (χ1) is 9.92. The van der Waals surface area contributed by atoms with Crippen molar-refractivity contribution in [2.45, 2.75) is 0 Å². The van der Waals surface area contributed by atoms with Crippen LogP contribution in [0.1, 0.15) is 5.76 Å². The average Bonchev–Trinajstić information content (AvgIpc) is 3.02. The lowest BCUT2D eigenvalue weighted by Crippen LogP contribution is -1.99. The van der Waals surface area contributed by atoms with Crippen LogP contribution in [0.25, 0.3) is 11.3 Å². The van der Waals surface area contributed by atoms with Crippen LogP contribution in [0.4, 0.5) is 5.95 Å². The fourth-order valence-corrected chi connectivity index (χ4v) is 1.62. The van der Waals surface area contributed by atoms with Gasteiger partial charge in [-0.2, -0.15) is 10.2 Å². The van der Waals surface area contributed by atoms with Crippen molar-refractivity contribution < 1.29 is 4.42 Å². The fraction of sp³-hybridized carbons (Fsp3) is 0. The zero-order chi connectivity index (χ0) is 13.6. The SMILES string of the molecule is C(=N\Nc1nncc(-c2ccccc2)n1)/c1ccco1. The van der Waals surface area contributed by atoms with Gasteiger partial charge in [0.05, 0.1) is 24.4 Å². The van der Waals surface area contributed by atoms with E-state index in [2.05, 4.69) is 25.7 Å². The molecule has 1 N–H and O–H groups in total. The van der Waals surface area contributed by atoms with Crippen molar-refractivity contribution in [2.75, 3.05) is 5.43 Å². The first-order valence-electron chi connectivity index (χ1n) is 5.99. The van der Waals surface area contributed by atoms with Crippen LogP contribution < -0.4 is 5.43 Å². The molecule has 0 fully saturated rings. The van der Waals surface area contributed by atoms with Gasteiger partial charge in [-0.25, -0.2) is 10.4 Å². The minimum absolute atomic E-state index is 0.328. The highest BCUT2D eigenvalue weighted by Crippen LogP contribution is 2.15. The molecule has 20 heavy (non-hydrogen) atoms. The van der Waals surface area contributed by atoms with Gasteiger partial charge < -0.3 is 4.42 Å². The maximum atomic E-state index is 5.12. The van der Waals surface area contributed by atoms with E-state index >= 15 is 0 Å². The molecule has 3 aromatic rings. The molecule has 2 aromatic heterocycles. The maximum absolute atomic E-state index is 5.12. The Morgan fingerprint density at radius 1 is 1.10 bits per heavy atom. The monoisotopic (exact) mass is 265 g/mol. The van der Waals surface area contributed by atoms with Gasteiger partial charge in [-0.15, -0.1) is 5.10 Å². The number of hydrazone groups is 1. The molecule has 2 heterocycles. The van der Waals surface area contributed by atoms with Crippen LogP contribution in [-0.2, 0) is 0 Å². The molecule has 0 bridgehead atoms. The number of anilines is 1. The van der Waals surface area contributed by atoms with Crippen molar-refractivity contribution in [3.63, 3.8) is 0 Å². The highest BCUT2D eigenvalue weighted by Gasteiger charge is 2.01. The number of aromatic nitrogens is 3. The molecule has 3 rings (SSSR count). The Labute approximate surface area is 115 Å². The number of rotatable bonds is 4. The summed E-state index contributed by atoms with van der Waals surface area (Å²) in [6, 6.07) is 13.3. The molecule has 6 nitrogen and oxygen atoms in total. The van der Waals surface area contributed by atoms with E-state index in [1.165, 1.54) is 0 Å². The lowest BCUT2D eigenvalue weighted by atomic mass is 10.2. The third-order valence-corrected chi connectivity index (χ3v) is 2.53. The van der Waals surface area contributed by atoms with E-state index in [4.69, 9.17) is 4.42 Å². The molecule has 0 aliphatic heterocycles. The third kappa shape index (κ3) is 2.86. The van der Waals surface area contributed by atoms with Crippen molar-refractivity contribution in [2.24, 2.45) is 5.10 Å². The van der Waals surface area contributed by atoms with E-state index in [0.29, 0.717) is 11.7 Å². The summed E-state index contributed by atoms with van der Waals surface area (Å²) in [5.41, 5.74) is 4.42. The molecule has 0 saturated carbocycles. The van der Waals surface area contributed by atoms with Gasteiger partial charge in [-0.1, -0.05) is 30.3 Å². The number of nitrogens with one attached hydrogen (secondary N) is 1. The average molecular weight is 265 g/mol. The highest BCUT2D eigenvalue weighted by molar-refractivity contribution is 5.76. The first kappa shape index (κ1) is 12.0. The van der Waals surface area contributed by atoms with E-state index in [-0.39, 0.29) is 0 Å². The van der Waals surface area contributed by atoms with Gasteiger partial charge in [0.2, 0.25) is 0 Å². The summed E-state index contributed by atoms with van der Waals surface area (Å²) in [6.07, 6.45) is 4.73. The van der Waals surface area contributed by atoms with E-state index < -0.39 is 0 Å². The van der Waals surface area contributed by atoms with Crippen LogP contribution >= 0.6 is 0 Å². The quantitative estimate of drug-likeness (QED) is 0.579. The largest absolute Gasteiger partial charge is 0.463 e. The van der Waals surface area contributed by atoms with Gasteiger partial charge in [0.15, 0.2) is 0 Å². The normalized spacial score (nSPS) is 10.8. The van der Waals surface area contributed by atoms with Crippen molar-refractivity contribution in [3.05, 3.63) is 60.7 Å². The van der Waals surface area contributed by atoms with E-state index in [1.807, 2.05) is 30.3 Å².